The number of alkyl carbamates (subject to hydrolysis) is 1. The number of para-hydroxylation sites is 1. The molecule has 2 rings (SSSR count). The summed E-state index contributed by atoms with van der Waals surface area (Å²) in [5.74, 6) is 0. The van der Waals surface area contributed by atoms with Crippen LogP contribution in [0.1, 0.15) is 32.8 Å². The molecule has 0 spiro atoms. The highest BCUT2D eigenvalue weighted by Crippen LogP contribution is 2.22. The highest BCUT2D eigenvalue weighted by atomic mass is 16.6. The predicted octanol–water partition coefficient (Wildman–Crippen LogP) is 2.69. The van der Waals surface area contributed by atoms with Gasteiger partial charge in [-0.3, -0.25) is 15.0 Å². The van der Waals surface area contributed by atoms with Crippen molar-refractivity contribution in [3.8, 4) is 0 Å². The van der Waals surface area contributed by atoms with Gasteiger partial charge in [-0.05, 0) is 27.2 Å². The van der Waals surface area contributed by atoms with Gasteiger partial charge in [-0.15, -0.1) is 0 Å². The Bertz CT molecular complexity index is 583. The lowest BCUT2D eigenvalue weighted by atomic mass is 10.1. The molecule has 1 N–H and O–H groups in total. The van der Waals surface area contributed by atoms with E-state index in [9.17, 15) is 14.9 Å². The van der Waals surface area contributed by atoms with E-state index in [0.29, 0.717) is 18.7 Å². The number of nitrogens with one attached hydrogen (secondary N) is 1. The van der Waals surface area contributed by atoms with Gasteiger partial charge in [0.25, 0.3) is 5.69 Å². The number of ether oxygens (including phenoxy) is 1. The average molecular weight is 321 g/mol. The molecule has 1 aromatic carbocycles. The van der Waals surface area contributed by atoms with Crippen molar-refractivity contribution in [2.45, 2.75) is 45.4 Å². The predicted molar refractivity (Wildman–Crippen MR) is 86.1 cm³/mol. The first-order valence-corrected chi connectivity index (χ1v) is 7.69. The van der Waals surface area contributed by atoms with E-state index in [1.807, 2.05) is 20.8 Å². The first-order chi connectivity index (χ1) is 10.7. The van der Waals surface area contributed by atoms with Crippen LogP contribution in [0.15, 0.2) is 24.3 Å². The molecule has 1 aromatic rings. The number of likely N-dealkylation sites (tertiary alicyclic amines) is 1. The van der Waals surface area contributed by atoms with Crippen molar-refractivity contribution in [3.63, 3.8) is 0 Å². The van der Waals surface area contributed by atoms with Crippen LogP contribution in [0.5, 0.6) is 0 Å². The second-order valence-corrected chi connectivity index (χ2v) is 6.75. The molecule has 7 nitrogen and oxygen atoms in total. The summed E-state index contributed by atoms with van der Waals surface area (Å²) in [6, 6.07) is 6.76. The lowest BCUT2D eigenvalue weighted by Gasteiger charge is -2.22. The van der Waals surface area contributed by atoms with E-state index in [4.69, 9.17) is 4.74 Å². The molecular formula is C16H23N3O4. The summed E-state index contributed by atoms with van der Waals surface area (Å²) in [4.78, 5) is 24.6. The fraction of sp³-hybridized carbons (Fsp3) is 0.562. The molecular weight excluding hydrogens is 298 g/mol. The first-order valence-electron chi connectivity index (χ1n) is 7.69. The number of rotatable bonds is 4. The summed E-state index contributed by atoms with van der Waals surface area (Å²) in [6.45, 7) is 7.41. The molecule has 1 atom stereocenters. The van der Waals surface area contributed by atoms with Gasteiger partial charge in [-0.25, -0.2) is 4.79 Å². The van der Waals surface area contributed by atoms with E-state index in [2.05, 4.69) is 10.2 Å². The van der Waals surface area contributed by atoms with Crippen LogP contribution in [0.3, 0.4) is 0 Å². The summed E-state index contributed by atoms with van der Waals surface area (Å²) >= 11 is 0. The molecule has 0 aromatic heterocycles. The lowest BCUT2D eigenvalue weighted by Crippen LogP contribution is -2.40. The number of amides is 1. The van der Waals surface area contributed by atoms with Crippen molar-refractivity contribution in [3.05, 3.63) is 39.9 Å². The quantitative estimate of drug-likeness (QED) is 0.681. The molecule has 23 heavy (non-hydrogen) atoms. The fourth-order valence-electron chi connectivity index (χ4n) is 2.63. The van der Waals surface area contributed by atoms with Crippen molar-refractivity contribution in [2.24, 2.45) is 0 Å². The van der Waals surface area contributed by atoms with Crippen LogP contribution < -0.4 is 5.32 Å². The van der Waals surface area contributed by atoms with E-state index in [1.165, 1.54) is 6.07 Å². The van der Waals surface area contributed by atoms with Crippen molar-refractivity contribution in [1.29, 1.82) is 0 Å². The summed E-state index contributed by atoms with van der Waals surface area (Å²) in [7, 11) is 0. The molecule has 0 unspecified atom stereocenters. The van der Waals surface area contributed by atoms with E-state index in [1.54, 1.807) is 18.2 Å². The molecule has 1 aliphatic heterocycles. The normalized spacial score (nSPS) is 18.7. The third-order valence-electron chi connectivity index (χ3n) is 3.58. The van der Waals surface area contributed by atoms with Gasteiger partial charge in [0.05, 0.1) is 4.92 Å². The maximum Gasteiger partial charge on any atom is 0.407 e. The topological polar surface area (TPSA) is 84.7 Å². The van der Waals surface area contributed by atoms with Gasteiger partial charge in [-0.2, -0.15) is 0 Å². The number of carbonyl (C=O) groups is 1. The highest BCUT2D eigenvalue weighted by molar-refractivity contribution is 5.68. The minimum atomic E-state index is -0.521. The molecule has 1 heterocycles. The Morgan fingerprint density at radius 1 is 1.43 bits per heavy atom. The number of hydrogen-bond acceptors (Lipinski definition) is 5. The molecule has 7 heteroatoms. The fourth-order valence-corrected chi connectivity index (χ4v) is 2.63. The Hall–Kier alpha value is -2.15. The van der Waals surface area contributed by atoms with E-state index < -0.39 is 11.7 Å². The monoisotopic (exact) mass is 321 g/mol. The third-order valence-corrected chi connectivity index (χ3v) is 3.58. The largest absolute Gasteiger partial charge is 0.444 e. The molecule has 126 valence electrons. The Labute approximate surface area is 135 Å². The minimum Gasteiger partial charge on any atom is -0.444 e. The maximum absolute atomic E-state index is 11.8. The molecule has 1 amide bonds. The number of nitro groups is 1. The van der Waals surface area contributed by atoms with Gasteiger partial charge in [0.1, 0.15) is 5.60 Å². The van der Waals surface area contributed by atoms with Crippen molar-refractivity contribution in [2.75, 3.05) is 13.1 Å². The molecule has 1 aliphatic rings. The molecule has 0 aliphatic carbocycles. The number of benzene rings is 1. The van der Waals surface area contributed by atoms with E-state index in [0.717, 1.165) is 13.0 Å². The SMILES string of the molecule is CC(C)(C)OC(=O)N[C@@H]1CCN(Cc2ccccc2[N+](=O)[O-])C1. The van der Waals surface area contributed by atoms with Crippen molar-refractivity contribution < 1.29 is 14.5 Å². The Morgan fingerprint density at radius 3 is 2.78 bits per heavy atom. The number of nitrogens with zero attached hydrogens (tertiary/aromatic N) is 2. The molecule has 1 saturated heterocycles. The Balaban J connectivity index is 1.89. The standard InChI is InChI=1S/C16H23N3O4/c1-16(2,3)23-15(20)17-13-8-9-18(11-13)10-12-6-4-5-7-14(12)19(21)22/h4-7,13H,8-11H2,1-3H3,(H,17,20)/t13-/m1/s1. The zero-order valence-electron chi connectivity index (χ0n) is 13.7. The van der Waals surface area contributed by atoms with Crippen LogP contribution in [0.2, 0.25) is 0 Å². The van der Waals surface area contributed by atoms with Crippen molar-refractivity contribution >= 4 is 11.8 Å². The number of hydrogen-bond donors (Lipinski definition) is 1. The van der Waals surface area contributed by atoms with E-state index >= 15 is 0 Å². The summed E-state index contributed by atoms with van der Waals surface area (Å²) in [5, 5.41) is 13.9. The average Bonchev–Trinajstić information content (AvgIpc) is 2.84. The van der Waals surface area contributed by atoms with Crippen LogP contribution in [-0.2, 0) is 11.3 Å². The van der Waals surface area contributed by atoms with Crippen molar-refractivity contribution in [1.82, 2.24) is 10.2 Å². The van der Waals surface area contributed by atoms with Gasteiger partial charge in [-0.1, -0.05) is 18.2 Å². The molecule has 0 saturated carbocycles. The van der Waals surface area contributed by atoms with Gasteiger partial charge in [0.15, 0.2) is 0 Å². The third kappa shape index (κ3) is 5.21. The van der Waals surface area contributed by atoms with E-state index in [-0.39, 0.29) is 16.7 Å². The van der Waals surface area contributed by atoms with Crippen LogP contribution in [-0.4, -0.2) is 40.6 Å². The molecule has 0 radical (unpaired) electrons. The number of carbonyl (C=O) groups excluding carboxylic acids is 1. The molecule has 0 bridgehead atoms. The summed E-state index contributed by atoms with van der Waals surface area (Å²) < 4.78 is 5.25. The van der Waals surface area contributed by atoms with Gasteiger partial charge in [0.2, 0.25) is 0 Å². The van der Waals surface area contributed by atoms with Gasteiger partial charge < -0.3 is 10.1 Å². The van der Waals surface area contributed by atoms with Crippen LogP contribution in [0.4, 0.5) is 10.5 Å². The first kappa shape index (κ1) is 17.2. The Kier molecular flexibility index (Phi) is 5.20. The summed E-state index contributed by atoms with van der Waals surface area (Å²) in [5.41, 5.74) is 0.305. The summed E-state index contributed by atoms with van der Waals surface area (Å²) in [6.07, 6.45) is 0.384. The van der Waals surface area contributed by atoms with Gasteiger partial charge >= 0.3 is 6.09 Å². The smallest absolute Gasteiger partial charge is 0.407 e. The second-order valence-electron chi connectivity index (χ2n) is 6.75. The minimum absolute atomic E-state index is 0.00705. The lowest BCUT2D eigenvalue weighted by molar-refractivity contribution is -0.385. The van der Waals surface area contributed by atoms with Crippen LogP contribution >= 0.6 is 0 Å². The molecule has 1 fully saturated rings. The van der Waals surface area contributed by atoms with Crippen LogP contribution in [0, 0.1) is 10.1 Å². The highest BCUT2D eigenvalue weighted by Gasteiger charge is 2.27. The maximum atomic E-state index is 11.8. The second kappa shape index (κ2) is 6.95. The zero-order valence-corrected chi connectivity index (χ0v) is 13.7. The zero-order chi connectivity index (χ0) is 17.0. The Morgan fingerprint density at radius 2 is 2.13 bits per heavy atom. The van der Waals surface area contributed by atoms with Gasteiger partial charge in [0, 0.05) is 37.3 Å². The van der Waals surface area contributed by atoms with Crippen LogP contribution in [0.25, 0.3) is 0 Å². The number of nitro benzene ring substituents is 1.